The van der Waals surface area contributed by atoms with Gasteiger partial charge in [0.1, 0.15) is 11.8 Å². The van der Waals surface area contributed by atoms with E-state index in [0.717, 1.165) is 0 Å². The normalized spacial score (nSPS) is 32.0. The molecule has 17 heavy (non-hydrogen) atoms. The molecule has 0 radical (unpaired) electrons. The van der Waals surface area contributed by atoms with Crippen molar-refractivity contribution in [2.24, 2.45) is 11.8 Å². The number of carboxylic acids is 4. The Kier molecular flexibility index (Phi) is 3.32. The molecule has 0 amide bonds. The summed E-state index contributed by atoms with van der Waals surface area (Å²) in [6.07, 6.45) is -3.98. The average Bonchev–Trinajstić information content (AvgIpc) is 2.56. The highest BCUT2D eigenvalue weighted by atomic mass is 16.6. The zero-order chi connectivity index (χ0) is 13.3. The van der Waals surface area contributed by atoms with E-state index in [1.807, 2.05) is 0 Å². The van der Waals surface area contributed by atoms with Crippen molar-refractivity contribution in [3.63, 3.8) is 0 Å². The smallest absolute Gasteiger partial charge is 0.333 e. The Balaban J connectivity index is 3.17. The van der Waals surface area contributed by atoms with E-state index in [4.69, 9.17) is 20.4 Å². The SMILES string of the molecule is O=C(O)[C@H]1[C@H](C(=O)O)[C@@H](C(=O)O)O[C@@H]1C(=O)O. The van der Waals surface area contributed by atoms with Crippen LogP contribution in [0.5, 0.6) is 0 Å². The van der Waals surface area contributed by atoms with E-state index >= 15 is 0 Å². The van der Waals surface area contributed by atoms with Gasteiger partial charge in [0.25, 0.3) is 0 Å². The first-order valence-electron chi connectivity index (χ1n) is 4.34. The van der Waals surface area contributed by atoms with Crippen LogP contribution in [0.1, 0.15) is 0 Å². The van der Waals surface area contributed by atoms with Crippen LogP contribution in [-0.2, 0) is 23.9 Å². The van der Waals surface area contributed by atoms with Crippen LogP contribution in [0.3, 0.4) is 0 Å². The van der Waals surface area contributed by atoms with Crippen LogP contribution in [-0.4, -0.2) is 56.5 Å². The van der Waals surface area contributed by atoms with Crippen molar-refractivity contribution >= 4 is 23.9 Å². The number of ether oxygens (including phenoxy) is 1. The molecule has 1 rings (SSSR count). The largest absolute Gasteiger partial charge is 0.481 e. The quantitative estimate of drug-likeness (QED) is 0.455. The average molecular weight is 248 g/mol. The number of aliphatic carboxylic acids is 4. The molecule has 1 saturated heterocycles. The van der Waals surface area contributed by atoms with Gasteiger partial charge in [-0.1, -0.05) is 0 Å². The molecule has 1 heterocycles. The Morgan fingerprint density at radius 1 is 0.647 bits per heavy atom. The lowest BCUT2D eigenvalue weighted by atomic mass is 9.87. The van der Waals surface area contributed by atoms with Crippen molar-refractivity contribution in [3.8, 4) is 0 Å². The highest BCUT2D eigenvalue weighted by molar-refractivity contribution is 5.92. The summed E-state index contributed by atoms with van der Waals surface area (Å²) in [5, 5.41) is 34.8. The second-order valence-electron chi connectivity index (χ2n) is 3.38. The van der Waals surface area contributed by atoms with Crippen LogP contribution < -0.4 is 0 Å². The van der Waals surface area contributed by atoms with Crippen LogP contribution in [0.2, 0.25) is 0 Å². The molecular weight excluding hydrogens is 240 g/mol. The van der Waals surface area contributed by atoms with Crippen molar-refractivity contribution in [1.29, 1.82) is 0 Å². The van der Waals surface area contributed by atoms with Gasteiger partial charge in [-0.15, -0.1) is 0 Å². The molecule has 9 heteroatoms. The molecule has 0 unspecified atom stereocenters. The standard InChI is InChI=1S/C8H8O9/c9-5(10)1-2(6(11)12)4(8(15)16)17-3(1)7(13)14/h1-4H,(H,9,10)(H,11,12)(H,13,14)(H,15,16)/t1-,2-,3-,4-/m0/s1. The fourth-order valence-corrected chi connectivity index (χ4v) is 1.69. The van der Waals surface area contributed by atoms with Crippen molar-refractivity contribution < 1.29 is 44.3 Å². The molecule has 1 aliphatic heterocycles. The highest BCUT2D eigenvalue weighted by Gasteiger charge is 2.57. The molecule has 0 aromatic carbocycles. The predicted molar refractivity (Wildman–Crippen MR) is 46.2 cm³/mol. The van der Waals surface area contributed by atoms with Crippen LogP contribution >= 0.6 is 0 Å². The van der Waals surface area contributed by atoms with Gasteiger partial charge in [0, 0.05) is 0 Å². The Labute approximate surface area is 93.2 Å². The van der Waals surface area contributed by atoms with Crippen LogP contribution in [0.25, 0.3) is 0 Å². The first kappa shape index (κ1) is 12.9. The lowest BCUT2D eigenvalue weighted by molar-refractivity contribution is -0.163. The predicted octanol–water partition coefficient (Wildman–Crippen LogP) is -1.68. The summed E-state index contributed by atoms with van der Waals surface area (Å²) < 4.78 is 4.47. The third-order valence-corrected chi connectivity index (χ3v) is 2.39. The maximum atomic E-state index is 10.8. The fourth-order valence-electron chi connectivity index (χ4n) is 1.69. The lowest BCUT2D eigenvalue weighted by Crippen LogP contribution is -2.39. The molecular formula is C8H8O9. The molecule has 9 nitrogen and oxygen atoms in total. The summed E-state index contributed by atoms with van der Waals surface area (Å²) in [5.41, 5.74) is 0. The number of carboxylic acid groups (broad SMARTS) is 4. The van der Waals surface area contributed by atoms with Gasteiger partial charge >= 0.3 is 23.9 Å². The number of carbonyl (C=O) groups is 4. The molecule has 0 saturated carbocycles. The monoisotopic (exact) mass is 248 g/mol. The first-order chi connectivity index (χ1) is 7.77. The van der Waals surface area contributed by atoms with Gasteiger partial charge in [-0.2, -0.15) is 0 Å². The minimum atomic E-state index is -1.99. The molecule has 0 aromatic rings. The maximum Gasteiger partial charge on any atom is 0.333 e. The highest BCUT2D eigenvalue weighted by Crippen LogP contribution is 2.33. The molecule has 0 aliphatic carbocycles. The van der Waals surface area contributed by atoms with Gasteiger partial charge in [0.15, 0.2) is 12.2 Å². The Bertz CT molecular complexity index is 350. The van der Waals surface area contributed by atoms with E-state index in [-0.39, 0.29) is 0 Å². The minimum Gasteiger partial charge on any atom is -0.481 e. The summed E-state index contributed by atoms with van der Waals surface area (Å²) in [7, 11) is 0. The third-order valence-electron chi connectivity index (χ3n) is 2.39. The van der Waals surface area contributed by atoms with Crippen molar-refractivity contribution in [1.82, 2.24) is 0 Å². The first-order valence-corrected chi connectivity index (χ1v) is 4.34. The van der Waals surface area contributed by atoms with Gasteiger partial charge < -0.3 is 25.2 Å². The summed E-state index contributed by atoms with van der Waals surface area (Å²) in [6, 6.07) is 0. The van der Waals surface area contributed by atoms with E-state index in [0.29, 0.717) is 0 Å². The Morgan fingerprint density at radius 2 is 0.941 bits per heavy atom. The Morgan fingerprint density at radius 3 is 1.12 bits per heavy atom. The third kappa shape index (κ3) is 2.18. The molecule has 94 valence electrons. The van der Waals surface area contributed by atoms with E-state index in [2.05, 4.69) is 4.74 Å². The summed E-state index contributed by atoms with van der Waals surface area (Å²) in [5.74, 6) is -10.8. The van der Waals surface area contributed by atoms with Crippen molar-refractivity contribution in [2.45, 2.75) is 12.2 Å². The molecule has 0 bridgehead atoms. The molecule has 0 aromatic heterocycles. The van der Waals surface area contributed by atoms with Gasteiger partial charge in [-0.25, -0.2) is 9.59 Å². The van der Waals surface area contributed by atoms with Crippen molar-refractivity contribution in [2.75, 3.05) is 0 Å². The summed E-state index contributed by atoms with van der Waals surface area (Å²) in [6.45, 7) is 0. The van der Waals surface area contributed by atoms with Crippen LogP contribution in [0, 0.1) is 11.8 Å². The molecule has 4 N–H and O–H groups in total. The Hall–Kier alpha value is -2.16. The fraction of sp³-hybridized carbons (Fsp3) is 0.500. The van der Waals surface area contributed by atoms with Crippen molar-refractivity contribution in [3.05, 3.63) is 0 Å². The zero-order valence-electron chi connectivity index (χ0n) is 8.14. The van der Waals surface area contributed by atoms with Gasteiger partial charge in [-0.05, 0) is 0 Å². The molecule has 0 spiro atoms. The van der Waals surface area contributed by atoms with E-state index in [1.54, 1.807) is 0 Å². The van der Waals surface area contributed by atoms with E-state index in [9.17, 15) is 19.2 Å². The lowest BCUT2D eigenvalue weighted by Gasteiger charge is -2.13. The number of hydrogen-bond donors (Lipinski definition) is 4. The summed E-state index contributed by atoms with van der Waals surface area (Å²) >= 11 is 0. The van der Waals surface area contributed by atoms with Gasteiger partial charge in [-0.3, -0.25) is 9.59 Å². The molecule has 1 aliphatic rings. The zero-order valence-corrected chi connectivity index (χ0v) is 8.14. The second kappa shape index (κ2) is 4.37. The maximum absolute atomic E-state index is 10.8. The number of hydrogen-bond acceptors (Lipinski definition) is 5. The van der Waals surface area contributed by atoms with Gasteiger partial charge in [0.05, 0.1) is 0 Å². The van der Waals surface area contributed by atoms with Crippen LogP contribution in [0.15, 0.2) is 0 Å². The molecule has 1 fully saturated rings. The number of rotatable bonds is 4. The topological polar surface area (TPSA) is 158 Å². The van der Waals surface area contributed by atoms with E-state index < -0.39 is 47.9 Å². The van der Waals surface area contributed by atoms with Crippen LogP contribution in [0.4, 0.5) is 0 Å². The molecule has 4 atom stereocenters. The second-order valence-corrected chi connectivity index (χ2v) is 3.38. The minimum absolute atomic E-state index is 1.72. The summed E-state index contributed by atoms with van der Waals surface area (Å²) in [4.78, 5) is 43.0. The van der Waals surface area contributed by atoms with Gasteiger partial charge in [0.2, 0.25) is 0 Å². The van der Waals surface area contributed by atoms with E-state index in [1.165, 1.54) is 0 Å².